The summed E-state index contributed by atoms with van der Waals surface area (Å²) in [5.41, 5.74) is 1.07. The lowest BCUT2D eigenvalue weighted by Crippen LogP contribution is -2.31. The molecule has 0 unspecified atom stereocenters. The Kier molecular flexibility index (Phi) is 3.81. The number of amides is 1. The van der Waals surface area contributed by atoms with Crippen molar-refractivity contribution in [1.82, 2.24) is 9.80 Å². The van der Waals surface area contributed by atoms with Crippen molar-refractivity contribution in [2.45, 2.75) is 19.8 Å². The van der Waals surface area contributed by atoms with E-state index in [-0.39, 0.29) is 5.91 Å². The summed E-state index contributed by atoms with van der Waals surface area (Å²) in [6.07, 6.45) is 5.45. The molecular weight excluding hydrogens is 212 g/mol. The van der Waals surface area contributed by atoms with Crippen molar-refractivity contribution in [2.24, 2.45) is 0 Å². The second-order valence-electron chi connectivity index (χ2n) is 4.28. The van der Waals surface area contributed by atoms with Crippen molar-refractivity contribution < 1.29 is 4.79 Å². The average Bonchev–Trinajstić information content (AvgIpc) is 2.79. The van der Waals surface area contributed by atoms with Crippen LogP contribution in [0.15, 0.2) is 42.7 Å². The molecule has 17 heavy (non-hydrogen) atoms. The number of carbonyl (C=O) groups is 1. The molecule has 90 valence electrons. The smallest absolute Gasteiger partial charge is 0.232 e. The second-order valence-corrected chi connectivity index (χ2v) is 4.28. The summed E-state index contributed by atoms with van der Waals surface area (Å²) in [4.78, 5) is 15.9. The van der Waals surface area contributed by atoms with Crippen LogP contribution in [-0.2, 0) is 11.2 Å². The van der Waals surface area contributed by atoms with Crippen molar-refractivity contribution in [3.05, 3.63) is 48.3 Å². The van der Waals surface area contributed by atoms with Gasteiger partial charge in [0, 0.05) is 18.9 Å². The Morgan fingerprint density at radius 3 is 2.71 bits per heavy atom. The molecule has 0 saturated carbocycles. The molecule has 0 atom stereocenters. The van der Waals surface area contributed by atoms with E-state index in [2.05, 4.69) is 11.8 Å². The number of hydrogen-bond donors (Lipinski definition) is 0. The van der Waals surface area contributed by atoms with Gasteiger partial charge in [-0.2, -0.15) is 0 Å². The predicted molar refractivity (Wildman–Crippen MR) is 68.0 cm³/mol. The molecule has 0 spiro atoms. The minimum absolute atomic E-state index is 0.158. The van der Waals surface area contributed by atoms with E-state index in [9.17, 15) is 4.79 Å². The van der Waals surface area contributed by atoms with Crippen LogP contribution in [-0.4, -0.2) is 28.9 Å². The van der Waals surface area contributed by atoms with E-state index >= 15 is 0 Å². The van der Waals surface area contributed by atoms with Gasteiger partial charge in [-0.15, -0.1) is 0 Å². The van der Waals surface area contributed by atoms with Gasteiger partial charge in [-0.25, -0.2) is 0 Å². The molecule has 1 aromatic carbocycles. The van der Waals surface area contributed by atoms with Gasteiger partial charge in [0.2, 0.25) is 5.91 Å². The SMILES string of the molecule is CCCN1C=CN(C(=O)Cc2ccccc2)C1. The molecule has 0 radical (unpaired) electrons. The van der Waals surface area contributed by atoms with Crippen LogP contribution in [0.2, 0.25) is 0 Å². The molecule has 1 amide bonds. The van der Waals surface area contributed by atoms with Gasteiger partial charge in [0.15, 0.2) is 0 Å². The molecule has 1 heterocycles. The molecule has 0 bridgehead atoms. The second kappa shape index (κ2) is 5.53. The quantitative estimate of drug-likeness (QED) is 0.791. The monoisotopic (exact) mass is 230 g/mol. The lowest BCUT2D eigenvalue weighted by Gasteiger charge is -2.19. The fourth-order valence-corrected chi connectivity index (χ4v) is 1.93. The zero-order valence-corrected chi connectivity index (χ0v) is 10.2. The maximum atomic E-state index is 12.0. The third-order valence-electron chi connectivity index (χ3n) is 2.82. The molecule has 0 aliphatic carbocycles. The molecule has 1 aliphatic heterocycles. The summed E-state index contributed by atoms with van der Waals surface area (Å²) in [6.45, 7) is 3.84. The standard InChI is InChI=1S/C14H18N2O/c1-2-8-15-9-10-16(12-15)14(17)11-13-6-4-3-5-7-13/h3-7,9-10H,2,8,11-12H2,1H3. The van der Waals surface area contributed by atoms with E-state index in [0.717, 1.165) is 18.5 Å². The number of rotatable bonds is 4. The molecule has 0 N–H and O–H groups in total. The van der Waals surface area contributed by atoms with Crippen LogP contribution in [0.5, 0.6) is 0 Å². The maximum absolute atomic E-state index is 12.0. The molecule has 0 fully saturated rings. The van der Waals surface area contributed by atoms with E-state index in [1.807, 2.05) is 42.7 Å². The molecule has 0 saturated heterocycles. The normalized spacial score (nSPS) is 14.4. The third-order valence-corrected chi connectivity index (χ3v) is 2.82. The molecule has 2 rings (SSSR count). The maximum Gasteiger partial charge on any atom is 0.232 e. The molecule has 3 nitrogen and oxygen atoms in total. The van der Waals surface area contributed by atoms with Gasteiger partial charge in [-0.3, -0.25) is 9.69 Å². The highest BCUT2D eigenvalue weighted by Gasteiger charge is 2.17. The Bertz CT molecular complexity index is 400. The first-order chi connectivity index (χ1) is 8.29. The van der Waals surface area contributed by atoms with Gasteiger partial charge in [-0.1, -0.05) is 37.3 Å². The highest BCUT2D eigenvalue weighted by atomic mass is 16.2. The van der Waals surface area contributed by atoms with Gasteiger partial charge in [0.1, 0.15) is 0 Å². The van der Waals surface area contributed by atoms with E-state index in [1.54, 1.807) is 4.90 Å². The Hall–Kier alpha value is -1.77. The topological polar surface area (TPSA) is 23.6 Å². The lowest BCUT2D eigenvalue weighted by atomic mass is 10.1. The summed E-state index contributed by atoms with van der Waals surface area (Å²) in [7, 11) is 0. The first kappa shape index (κ1) is 11.7. The number of nitrogens with zero attached hydrogens (tertiary/aromatic N) is 2. The summed E-state index contributed by atoms with van der Waals surface area (Å²) >= 11 is 0. The van der Waals surface area contributed by atoms with Crippen molar-refractivity contribution in [2.75, 3.05) is 13.2 Å². The average molecular weight is 230 g/mol. The van der Waals surface area contributed by atoms with E-state index < -0.39 is 0 Å². The minimum atomic E-state index is 0.158. The van der Waals surface area contributed by atoms with Crippen LogP contribution in [0.4, 0.5) is 0 Å². The fraction of sp³-hybridized carbons (Fsp3) is 0.357. The predicted octanol–water partition coefficient (Wildman–Crippen LogP) is 2.21. The Balaban J connectivity index is 1.88. The van der Waals surface area contributed by atoms with Gasteiger partial charge >= 0.3 is 0 Å². The van der Waals surface area contributed by atoms with Crippen LogP contribution in [0.3, 0.4) is 0 Å². The van der Waals surface area contributed by atoms with Crippen molar-refractivity contribution in [1.29, 1.82) is 0 Å². The van der Waals surface area contributed by atoms with Crippen LogP contribution in [0.1, 0.15) is 18.9 Å². The molecule has 3 heteroatoms. The highest BCUT2D eigenvalue weighted by Crippen LogP contribution is 2.10. The fourth-order valence-electron chi connectivity index (χ4n) is 1.93. The molecule has 0 aromatic heterocycles. The Labute approximate surface area is 102 Å². The number of hydrogen-bond acceptors (Lipinski definition) is 2. The minimum Gasteiger partial charge on any atom is -0.358 e. The van der Waals surface area contributed by atoms with Gasteiger partial charge in [0.25, 0.3) is 0 Å². The first-order valence-corrected chi connectivity index (χ1v) is 6.05. The summed E-state index contributed by atoms with van der Waals surface area (Å²) < 4.78 is 0. The van der Waals surface area contributed by atoms with Crippen LogP contribution in [0.25, 0.3) is 0 Å². The first-order valence-electron chi connectivity index (χ1n) is 6.05. The Morgan fingerprint density at radius 1 is 1.24 bits per heavy atom. The number of benzene rings is 1. The zero-order chi connectivity index (χ0) is 12.1. The van der Waals surface area contributed by atoms with Crippen molar-refractivity contribution in [3.8, 4) is 0 Å². The molecular formula is C14H18N2O. The number of carbonyl (C=O) groups excluding carboxylic acids is 1. The van der Waals surface area contributed by atoms with Crippen LogP contribution >= 0.6 is 0 Å². The lowest BCUT2D eigenvalue weighted by molar-refractivity contribution is -0.128. The van der Waals surface area contributed by atoms with E-state index in [4.69, 9.17) is 0 Å². The van der Waals surface area contributed by atoms with E-state index in [0.29, 0.717) is 13.1 Å². The van der Waals surface area contributed by atoms with Crippen LogP contribution in [0, 0.1) is 0 Å². The van der Waals surface area contributed by atoms with Crippen molar-refractivity contribution in [3.63, 3.8) is 0 Å². The van der Waals surface area contributed by atoms with Crippen molar-refractivity contribution >= 4 is 5.91 Å². The van der Waals surface area contributed by atoms with Gasteiger partial charge < -0.3 is 4.90 Å². The summed E-state index contributed by atoms with van der Waals surface area (Å²) in [5, 5.41) is 0. The highest BCUT2D eigenvalue weighted by molar-refractivity contribution is 5.79. The summed E-state index contributed by atoms with van der Waals surface area (Å²) in [6, 6.07) is 9.87. The van der Waals surface area contributed by atoms with Gasteiger partial charge in [0.05, 0.1) is 13.1 Å². The largest absolute Gasteiger partial charge is 0.358 e. The Morgan fingerprint density at radius 2 is 2.00 bits per heavy atom. The zero-order valence-electron chi connectivity index (χ0n) is 10.2. The third kappa shape index (κ3) is 3.09. The van der Waals surface area contributed by atoms with Gasteiger partial charge in [-0.05, 0) is 12.0 Å². The van der Waals surface area contributed by atoms with Crippen LogP contribution < -0.4 is 0 Å². The summed E-state index contributed by atoms with van der Waals surface area (Å²) in [5.74, 6) is 0.158. The molecule has 1 aromatic rings. The van der Waals surface area contributed by atoms with E-state index in [1.165, 1.54) is 0 Å². The molecule has 1 aliphatic rings.